The van der Waals surface area contributed by atoms with Crippen molar-refractivity contribution in [2.24, 2.45) is 10.9 Å². The van der Waals surface area contributed by atoms with Gasteiger partial charge in [0.2, 0.25) is 0 Å². The average Bonchev–Trinajstić information content (AvgIpc) is 3.13. The minimum atomic E-state index is -4.15. The number of alkyl halides is 3. The number of hydrogen-bond donors (Lipinski definition) is 2. The molecule has 8 heteroatoms. The van der Waals surface area contributed by atoms with Gasteiger partial charge < -0.3 is 10.6 Å². The SMILES string of the molecule is CN=C(NCc1ccc(CN2CCC(C)CC2)cc1)NC1CCN(CC(F)(F)F)C1. The molecule has 168 valence electrons. The van der Waals surface area contributed by atoms with Crippen LogP contribution in [-0.2, 0) is 13.1 Å². The highest BCUT2D eigenvalue weighted by Gasteiger charge is 2.34. The van der Waals surface area contributed by atoms with E-state index in [-0.39, 0.29) is 6.04 Å². The Morgan fingerprint density at radius 2 is 1.67 bits per heavy atom. The fourth-order valence-corrected chi connectivity index (χ4v) is 4.16. The third-order valence-corrected chi connectivity index (χ3v) is 6.01. The van der Waals surface area contributed by atoms with Crippen molar-refractivity contribution in [2.75, 3.05) is 39.8 Å². The summed E-state index contributed by atoms with van der Waals surface area (Å²) in [6, 6.07) is 8.59. The van der Waals surface area contributed by atoms with Crippen LogP contribution in [0.5, 0.6) is 0 Å². The van der Waals surface area contributed by atoms with Gasteiger partial charge in [0.25, 0.3) is 0 Å². The molecule has 1 aromatic carbocycles. The molecule has 2 saturated heterocycles. The first-order chi connectivity index (χ1) is 14.3. The second-order valence-corrected chi connectivity index (χ2v) is 8.68. The van der Waals surface area contributed by atoms with Crippen molar-refractivity contribution in [3.8, 4) is 0 Å². The van der Waals surface area contributed by atoms with Crippen LogP contribution in [0.2, 0.25) is 0 Å². The largest absolute Gasteiger partial charge is 0.401 e. The van der Waals surface area contributed by atoms with Gasteiger partial charge in [0.1, 0.15) is 0 Å². The number of aliphatic imine (C=N–C) groups is 1. The highest BCUT2D eigenvalue weighted by Crippen LogP contribution is 2.20. The first-order valence-corrected chi connectivity index (χ1v) is 10.9. The molecule has 0 aliphatic carbocycles. The second kappa shape index (κ2) is 10.5. The number of likely N-dealkylation sites (tertiary alicyclic amines) is 2. The Kier molecular flexibility index (Phi) is 7.99. The second-order valence-electron chi connectivity index (χ2n) is 8.68. The minimum absolute atomic E-state index is 0.0202. The van der Waals surface area contributed by atoms with Crippen LogP contribution in [0.1, 0.15) is 37.3 Å². The van der Waals surface area contributed by atoms with E-state index in [2.05, 4.69) is 51.7 Å². The molecule has 1 unspecified atom stereocenters. The molecule has 2 aliphatic heterocycles. The molecule has 0 saturated carbocycles. The van der Waals surface area contributed by atoms with Crippen LogP contribution < -0.4 is 10.6 Å². The predicted octanol–water partition coefficient (Wildman–Crippen LogP) is 3.22. The lowest BCUT2D eigenvalue weighted by Crippen LogP contribution is -2.44. The number of nitrogens with zero attached hydrogens (tertiary/aromatic N) is 3. The molecular formula is C22H34F3N5. The van der Waals surface area contributed by atoms with Crippen molar-refractivity contribution in [3.05, 3.63) is 35.4 Å². The molecular weight excluding hydrogens is 391 g/mol. The van der Waals surface area contributed by atoms with E-state index in [1.54, 1.807) is 7.05 Å². The van der Waals surface area contributed by atoms with Crippen molar-refractivity contribution in [1.29, 1.82) is 0 Å². The van der Waals surface area contributed by atoms with E-state index < -0.39 is 12.7 Å². The van der Waals surface area contributed by atoms with Crippen molar-refractivity contribution in [1.82, 2.24) is 20.4 Å². The molecule has 0 amide bonds. The van der Waals surface area contributed by atoms with Crippen LogP contribution in [0, 0.1) is 5.92 Å². The molecule has 0 aromatic heterocycles. The molecule has 0 spiro atoms. The van der Waals surface area contributed by atoms with E-state index in [0.717, 1.165) is 18.0 Å². The molecule has 3 rings (SSSR count). The van der Waals surface area contributed by atoms with Gasteiger partial charge in [-0.05, 0) is 49.4 Å². The topological polar surface area (TPSA) is 42.9 Å². The van der Waals surface area contributed by atoms with Gasteiger partial charge in [-0.2, -0.15) is 13.2 Å². The van der Waals surface area contributed by atoms with E-state index in [1.807, 2.05) is 0 Å². The predicted molar refractivity (Wildman–Crippen MR) is 114 cm³/mol. The first kappa shape index (κ1) is 22.9. The summed E-state index contributed by atoms with van der Waals surface area (Å²) < 4.78 is 37.6. The van der Waals surface area contributed by atoms with Crippen LogP contribution in [0.25, 0.3) is 0 Å². The Bertz CT molecular complexity index is 681. The normalized spacial score (nSPS) is 22.4. The van der Waals surface area contributed by atoms with Crippen molar-refractivity contribution in [2.45, 2.75) is 51.5 Å². The van der Waals surface area contributed by atoms with Gasteiger partial charge in [0, 0.05) is 39.3 Å². The van der Waals surface area contributed by atoms with Crippen LogP contribution in [0.3, 0.4) is 0 Å². The third-order valence-electron chi connectivity index (χ3n) is 6.01. The molecule has 1 atom stereocenters. The Morgan fingerprint density at radius 1 is 1.03 bits per heavy atom. The summed E-state index contributed by atoms with van der Waals surface area (Å²) in [7, 11) is 1.68. The van der Waals surface area contributed by atoms with Gasteiger partial charge in [-0.15, -0.1) is 0 Å². The molecule has 30 heavy (non-hydrogen) atoms. The van der Waals surface area contributed by atoms with Gasteiger partial charge >= 0.3 is 6.18 Å². The van der Waals surface area contributed by atoms with Crippen LogP contribution >= 0.6 is 0 Å². The Balaban J connectivity index is 1.41. The summed E-state index contributed by atoms with van der Waals surface area (Å²) in [6.07, 6.45) is -0.902. The number of nitrogens with one attached hydrogen (secondary N) is 2. The number of guanidine groups is 1. The number of piperidine rings is 1. The highest BCUT2D eigenvalue weighted by atomic mass is 19.4. The lowest BCUT2D eigenvalue weighted by molar-refractivity contribution is -0.143. The zero-order chi connectivity index (χ0) is 21.6. The number of hydrogen-bond acceptors (Lipinski definition) is 3. The van der Waals surface area contributed by atoms with Gasteiger partial charge in [-0.1, -0.05) is 31.2 Å². The number of halogens is 3. The number of rotatable bonds is 6. The molecule has 2 fully saturated rings. The summed E-state index contributed by atoms with van der Waals surface area (Å²) in [5, 5.41) is 6.51. The van der Waals surface area contributed by atoms with Crippen molar-refractivity contribution < 1.29 is 13.2 Å². The Labute approximate surface area is 177 Å². The summed E-state index contributed by atoms with van der Waals surface area (Å²) in [6.45, 7) is 6.28. The summed E-state index contributed by atoms with van der Waals surface area (Å²) in [4.78, 5) is 8.17. The first-order valence-electron chi connectivity index (χ1n) is 10.9. The standard InChI is InChI=1S/C22H34F3N5/c1-17-7-10-29(11-8-17)14-19-5-3-18(4-6-19)13-27-21(26-2)28-20-9-12-30(15-20)16-22(23,24)25/h3-6,17,20H,7-16H2,1-2H3,(H2,26,27,28). The van der Waals surface area contributed by atoms with E-state index in [0.29, 0.717) is 32.0 Å². The Morgan fingerprint density at radius 3 is 2.30 bits per heavy atom. The molecule has 2 aliphatic rings. The van der Waals surface area contributed by atoms with Crippen LogP contribution in [0.4, 0.5) is 13.2 Å². The maximum atomic E-state index is 12.5. The zero-order valence-corrected chi connectivity index (χ0v) is 18.0. The number of benzene rings is 1. The summed E-state index contributed by atoms with van der Waals surface area (Å²) in [5.41, 5.74) is 2.48. The monoisotopic (exact) mass is 425 g/mol. The maximum Gasteiger partial charge on any atom is 0.401 e. The van der Waals surface area contributed by atoms with Gasteiger partial charge in [0.05, 0.1) is 6.54 Å². The lowest BCUT2D eigenvalue weighted by Gasteiger charge is -2.30. The van der Waals surface area contributed by atoms with Gasteiger partial charge in [-0.3, -0.25) is 14.8 Å². The molecule has 0 radical (unpaired) electrons. The average molecular weight is 426 g/mol. The molecule has 2 N–H and O–H groups in total. The van der Waals surface area contributed by atoms with Crippen LogP contribution in [-0.4, -0.2) is 67.7 Å². The van der Waals surface area contributed by atoms with E-state index in [9.17, 15) is 13.2 Å². The van der Waals surface area contributed by atoms with Crippen LogP contribution in [0.15, 0.2) is 29.3 Å². The fraction of sp³-hybridized carbons (Fsp3) is 0.682. The summed E-state index contributed by atoms with van der Waals surface area (Å²) in [5.74, 6) is 1.47. The maximum absolute atomic E-state index is 12.5. The molecule has 0 bridgehead atoms. The van der Waals surface area contributed by atoms with Crippen molar-refractivity contribution in [3.63, 3.8) is 0 Å². The third kappa shape index (κ3) is 7.47. The van der Waals surface area contributed by atoms with Crippen molar-refractivity contribution >= 4 is 5.96 Å². The van der Waals surface area contributed by atoms with E-state index in [1.165, 1.54) is 36.4 Å². The molecule has 5 nitrogen and oxygen atoms in total. The van der Waals surface area contributed by atoms with Gasteiger partial charge in [0.15, 0.2) is 5.96 Å². The Hall–Kier alpha value is -1.80. The van der Waals surface area contributed by atoms with E-state index in [4.69, 9.17) is 0 Å². The quantitative estimate of drug-likeness (QED) is 0.543. The smallest absolute Gasteiger partial charge is 0.352 e. The fourth-order valence-electron chi connectivity index (χ4n) is 4.16. The lowest BCUT2D eigenvalue weighted by atomic mass is 9.99. The van der Waals surface area contributed by atoms with Gasteiger partial charge in [-0.25, -0.2) is 0 Å². The summed E-state index contributed by atoms with van der Waals surface area (Å²) >= 11 is 0. The molecule has 1 aromatic rings. The van der Waals surface area contributed by atoms with E-state index >= 15 is 0 Å². The minimum Gasteiger partial charge on any atom is -0.352 e. The molecule has 2 heterocycles. The highest BCUT2D eigenvalue weighted by molar-refractivity contribution is 5.80. The zero-order valence-electron chi connectivity index (χ0n) is 18.0.